The van der Waals surface area contributed by atoms with E-state index in [1.165, 1.54) is 0 Å². The molecule has 0 saturated heterocycles. The van der Waals surface area contributed by atoms with E-state index in [4.69, 9.17) is 0 Å². The lowest BCUT2D eigenvalue weighted by molar-refractivity contribution is 0.636. The monoisotopic (exact) mass is 276 g/mol. The van der Waals surface area contributed by atoms with Crippen molar-refractivity contribution in [2.24, 2.45) is 0 Å². The number of alkyl halides is 1. The fourth-order valence-electron chi connectivity index (χ4n) is 1.19. The highest BCUT2D eigenvalue weighted by Crippen LogP contribution is 2.33. The van der Waals surface area contributed by atoms with Crippen molar-refractivity contribution in [3.63, 3.8) is 0 Å². The van der Waals surface area contributed by atoms with Crippen LogP contribution in [-0.2, 0) is 5.33 Å². The third kappa shape index (κ3) is 1.63. The Hall–Kier alpha value is -0.0600. The van der Waals surface area contributed by atoms with Gasteiger partial charge in [-0.1, -0.05) is 22.0 Å². The number of rotatable bonds is 1. The van der Waals surface area contributed by atoms with Crippen LogP contribution in [0.15, 0.2) is 23.1 Å². The zero-order chi connectivity index (χ0) is 9.42. The van der Waals surface area contributed by atoms with Crippen LogP contribution >= 0.6 is 39.9 Å². The maximum absolute atomic E-state index is 13.1. The molecule has 0 amide bonds. The van der Waals surface area contributed by atoms with Gasteiger partial charge in [-0.3, -0.25) is 0 Å². The number of thiophene rings is 1. The van der Waals surface area contributed by atoms with Crippen molar-refractivity contribution in [1.82, 2.24) is 0 Å². The largest absolute Gasteiger partial charge is 0.194 e. The Balaban J connectivity index is 2.75. The molecule has 0 aliphatic heterocycles. The minimum atomic E-state index is -0.204. The summed E-state index contributed by atoms with van der Waals surface area (Å²) < 4.78 is 14.1. The topological polar surface area (TPSA) is 0 Å². The quantitative estimate of drug-likeness (QED) is 0.585. The van der Waals surface area contributed by atoms with Gasteiger partial charge in [-0.05, 0) is 17.7 Å². The molecule has 0 N–H and O–H groups in total. The molecular formula is C9H6BrFS2. The average molecular weight is 277 g/mol. The van der Waals surface area contributed by atoms with E-state index < -0.39 is 0 Å². The van der Waals surface area contributed by atoms with Crippen LogP contribution in [0.25, 0.3) is 10.1 Å². The Morgan fingerprint density at radius 2 is 2.23 bits per heavy atom. The Bertz CT molecular complexity index is 450. The normalized spacial score (nSPS) is 11.0. The Morgan fingerprint density at radius 1 is 1.46 bits per heavy atom. The summed E-state index contributed by atoms with van der Waals surface area (Å²) in [6.45, 7) is 0. The second-order valence-corrected chi connectivity index (χ2v) is 4.70. The molecular weight excluding hydrogens is 271 g/mol. The maximum Gasteiger partial charge on any atom is 0.190 e. The summed E-state index contributed by atoms with van der Waals surface area (Å²) in [6, 6.07) is 5.88. The third-order valence-corrected chi connectivity index (χ3v) is 4.03. The van der Waals surface area contributed by atoms with E-state index in [1.807, 2.05) is 18.2 Å². The third-order valence-electron chi connectivity index (χ3n) is 1.84. The van der Waals surface area contributed by atoms with E-state index in [1.54, 1.807) is 0 Å². The van der Waals surface area contributed by atoms with Gasteiger partial charge in [0.25, 0.3) is 0 Å². The van der Waals surface area contributed by atoms with Gasteiger partial charge in [0.05, 0.1) is 4.90 Å². The molecule has 1 heterocycles. The van der Waals surface area contributed by atoms with E-state index >= 15 is 0 Å². The van der Waals surface area contributed by atoms with Gasteiger partial charge >= 0.3 is 0 Å². The second-order valence-electron chi connectivity index (χ2n) is 2.69. The number of thiol groups is 1. The number of hydrogen-bond acceptors (Lipinski definition) is 2. The summed E-state index contributed by atoms with van der Waals surface area (Å²) in [7, 11) is 0. The number of fused-ring (bicyclic) bond motifs is 1. The molecule has 13 heavy (non-hydrogen) atoms. The van der Waals surface area contributed by atoms with Gasteiger partial charge in [0.15, 0.2) is 5.13 Å². The molecule has 0 unspecified atom stereocenters. The van der Waals surface area contributed by atoms with Crippen molar-refractivity contribution >= 4 is 50.0 Å². The van der Waals surface area contributed by atoms with Crippen LogP contribution in [0.4, 0.5) is 4.39 Å². The maximum atomic E-state index is 13.1. The Kier molecular flexibility index (Phi) is 2.62. The van der Waals surface area contributed by atoms with Crippen molar-refractivity contribution in [2.45, 2.75) is 10.2 Å². The second kappa shape index (κ2) is 3.59. The molecule has 0 atom stereocenters. The molecule has 0 nitrogen and oxygen atoms in total. The summed E-state index contributed by atoms with van der Waals surface area (Å²) in [5.74, 6) is 0. The predicted octanol–water partition coefficient (Wildman–Crippen LogP) is 4.22. The van der Waals surface area contributed by atoms with Crippen molar-refractivity contribution in [3.8, 4) is 0 Å². The number of benzene rings is 1. The van der Waals surface area contributed by atoms with Crippen molar-refractivity contribution in [1.29, 1.82) is 0 Å². The van der Waals surface area contributed by atoms with Gasteiger partial charge in [-0.15, -0.1) is 24.0 Å². The summed E-state index contributed by atoms with van der Waals surface area (Å²) in [4.78, 5) is 0.461. The van der Waals surface area contributed by atoms with E-state index in [-0.39, 0.29) is 5.13 Å². The summed E-state index contributed by atoms with van der Waals surface area (Å²) >= 11 is 8.62. The van der Waals surface area contributed by atoms with Crippen LogP contribution in [0.2, 0.25) is 0 Å². The van der Waals surface area contributed by atoms with Crippen LogP contribution in [0.1, 0.15) is 5.56 Å². The van der Waals surface area contributed by atoms with Crippen LogP contribution in [0.5, 0.6) is 0 Å². The molecule has 0 bridgehead atoms. The van der Waals surface area contributed by atoms with E-state index in [2.05, 4.69) is 28.6 Å². The minimum Gasteiger partial charge on any atom is -0.194 e. The molecule has 0 spiro atoms. The first-order valence-electron chi connectivity index (χ1n) is 3.68. The first-order valence-corrected chi connectivity index (χ1v) is 6.06. The molecule has 1 aromatic carbocycles. The summed E-state index contributed by atoms with van der Waals surface area (Å²) in [6.07, 6.45) is 0. The molecule has 2 aromatic rings. The zero-order valence-corrected chi connectivity index (χ0v) is 9.85. The average Bonchev–Trinajstić information content (AvgIpc) is 2.43. The molecule has 0 aliphatic rings. The molecule has 0 fully saturated rings. The van der Waals surface area contributed by atoms with Gasteiger partial charge in [-0.25, -0.2) is 0 Å². The number of hydrogen-bond donors (Lipinski definition) is 1. The van der Waals surface area contributed by atoms with Crippen LogP contribution in [0, 0.1) is 5.13 Å². The summed E-state index contributed by atoms with van der Waals surface area (Å²) in [5, 5.41) is 1.49. The van der Waals surface area contributed by atoms with Crippen LogP contribution in [-0.4, -0.2) is 0 Å². The fraction of sp³-hybridized carbons (Fsp3) is 0.111. The van der Waals surface area contributed by atoms with Crippen LogP contribution < -0.4 is 0 Å². The standard InChI is InChI=1S/C9H6BrFS2/c10-4-5-1-2-7-6(3-5)8(12)9(11)13-7/h1-3,12H,4H2. The van der Waals surface area contributed by atoms with Gasteiger partial charge in [0.1, 0.15) is 0 Å². The smallest absolute Gasteiger partial charge is 0.190 e. The van der Waals surface area contributed by atoms with E-state index in [0.29, 0.717) is 4.90 Å². The lowest BCUT2D eigenvalue weighted by Crippen LogP contribution is -1.75. The van der Waals surface area contributed by atoms with Gasteiger partial charge < -0.3 is 0 Å². The first-order chi connectivity index (χ1) is 6.22. The highest BCUT2D eigenvalue weighted by atomic mass is 79.9. The Labute approximate surface area is 93.3 Å². The first kappa shape index (κ1) is 9.49. The van der Waals surface area contributed by atoms with Crippen LogP contribution in [0.3, 0.4) is 0 Å². The van der Waals surface area contributed by atoms with Crippen molar-refractivity contribution < 1.29 is 4.39 Å². The fourth-order valence-corrected chi connectivity index (χ4v) is 2.74. The Morgan fingerprint density at radius 3 is 2.92 bits per heavy atom. The highest BCUT2D eigenvalue weighted by molar-refractivity contribution is 9.08. The molecule has 68 valence electrons. The molecule has 1 aromatic heterocycles. The lowest BCUT2D eigenvalue weighted by Gasteiger charge is -1.95. The molecule has 4 heteroatoms. The predicted molar refractivity (Wildman–Crippen MR) is 61.7 cm³/mol. The molecule has 2 rings (SSSR count). The van der Waals surface area contributed by atoms with Gasteiger partial charge in [0, 0.05) is 15.4 Å². The summed E-state index contributed by atoms with van der Waals surface area (Å²) in [5.41, 5.74) is 1.14. The highest BCUT2D eigenvalue weighted by Gasteiger charge is 2.08. The number of halogens is 2. The van der Waals surface area contributed by atoms with Gasteiger partial charge in [0.2, 0.25) is 0 Å². The molecule has 0 saturated carbocycles. The SMILES string of the molecule is Fc1sc2ccc(CBr)cc2c1S. The van der Waals surface area contributed by atoms with Crippen molar-refractivity contribution in [3.05, 3.63) is 28.9 Å². The molecule has 0 radical (unpaired) electrons. The lowest BCUT2D eigenvalue weighted by atomic mass is 10.2. The van der Waals surface area contributed by atoms with E-state index in [9.17, 15) is 4.39 Å². The van der Waals surface area contributed by atoms with E-state index in [0.717, 1.165) is 32.3 Å². The minimum absolute atomic E-state index is 0.204. The van der Waals surface area contributed by atoms with Crippen molar-refractivity contribution in [2.75, 3.05) is 0 Å². The molecule has 0 aliphatic carbocycles. The van der Waals surface area contributed by atoms with Gasteiger partial charge in [-0.2, -0.15) is 4.39 Å². The zero-order valence-electron chi connectivity index (χ0n) is 6.55.